The number of guanidine groups is 1. The number of hydrogen-bond acceptors (Lipinski definition) is 3. The summed E-state index contributed by atoms with van der Waals surface area (Å²) >= 11 is 0. The number of rotatable bonds is 3. The number of carbonyl (C=O) groups excluding carboxylic acids is 1. The van der Waals surface area contributed by atoms with Crippen molar-refractivity contribution in [2.24, 2.45) is 16.5 Å². The van der Waals surface area contributed by atoms with Crippen LogP contribution in [0.15, 0.2) is 35.3 Å². The Morgan fingerprint density at radius 1 is 1.19 bits per heavy atom. The molecule has 1 amide bonds. The lowest BCUT2D eigenvalue weighted by atomic mass is 10.0. The quantitative estimate of drug-likeness (QED) is 0.594. The van der Waals surface area contributed by atoms with Crippen LogP contribution >= 0.6 is 24.8 Å². The van der Waals surface area contributed by atoms with Gasteiger partial charge in [0, 0.05) is 17.8 Å². The van der Waals surface area contributed by atoms with Crippen molar-refractivity contribution in [2.45, 2.75) is 26.0 Å². The van der Waals surface area contributed by atoms with Gasteiger partial charge in [0.1, 0.15) is 11.4 Å². The first kappa shape index (κ1) is 22.8. The Bertz CT molecular complexity index is 871. The van der Waals surface area contributed by atoms with Crippen molar-refractivity contribution < 1.29 is 9.53 Å². The average molecular weight is 414 g/mol. The van der Waals surface area contributed by atoms with E-state index in [1.807, 2.05) is 27.9 Å². The second-order valence-corrected chi connectivity index (χ2v) is 6.92. The number of carbonyl (C=O) groups is 1. The largest absolute Gasteiger partial charge is 0.479 e. The van der Waals surface area contributed by atoms with Crippen LogP contribution in [0.5, 0.6) is 5.75 Å². The van der Waals surface area contributed by atoms with Crippen molar-refractivity contribution in [2.75, 3.05) is 14.1 Å². The molecule has 0 unspecified atom stereocenters. The number of nitrogens with two attached hydrogens (primary N) is 2. The molecular formula is C18H25Cl2N5O2. The molecule has 0 aliphatic carbocycles. The third-order valence-corrected chi connectivity index (χ3v) is 4.10. The van der Waals surface area contributed by atoms with E-state index in [0.29, 0.717) is 5.56 Å². The molecule has 27 heavy (non-hydrogen) atoms. The van der Waals surface area contributed by atoms with Crippen molar-refractivity contribution in [3.05, 3.63) is 47.3 Å². The Morgan fingerprint density at radius 3 is 2.44 bits per heavy atom. The van der Waals surface area contributed by atoms with Crippen LogP contribution in [0, 0.1) is 0 Å². The SMILES string of the molecule is CN(C)Cc1ccc2n1-c1cc(C(=O)N=C(N)N)ccc1OC2(C)C.Cl.Cl. The van der Waals surface area contributed by atoms with E-state index < -0.39 is 11.5 Å². The van der Waals surface area contributed by atoms with Crippen LogP contribution in [-0.4, -0.2) is 35.4 Å². The lowest BCUT2D eigenvalue weighted by Gasteiger charge is -2.35. The summed E-state index contributed by atoms with van der Waals surface area (Å²) in [5.41, 5.74) is 13.5. The molecule has 0 fully saturated rings. The summed E-state index contributed by atoms with van der Waals surface area (Å²) in [4.78, 5) is 17.9. The highest BCUT2D eigenvalue weighted by Crippen LogP contribution is 2.41. The molecule has 0 saturated carbocycles. The Balaban J connectivity index is 0.00000182. The van der Waals surface area contributed by atoms with E-state index >= 15 is 0 Å². The van der Waals surface area contributed by atoms with Crippen LogP contribution in [0.1, 0.15) is 35.6 Å². The van der Waals surface area contributed by atoms with Crippen molar-refractivity contribution in [1.82, 2.24) is 9.47 Å². The summed E-state index contributed by atoms with van der Waals surface area (Å²) in [5, 5.41) is 0. The minimum absolute atomic E-state index is 0. The summed E-state index contributed by atoms with van der Waals surface area (Å²) in [6.45, 7) is 4.82. The van der Waals surface area contributed by atoms with Crippen LogP contribution in [0.25, 0.3) is 5.69 Å². The monoisotopic (exact) mass is 413 g/mol. The maximum atomic E-state index is 12.2. The van der Waals surface area contributed by atoms with E-state index in [-0.39, 0.29) is 30.8 Å². The maximum absolute atomic E-state index is 12.2. The summed E-state index contributed by atoms with van der Waals surface area (Å²) in [5.74, 6) is -0.0134. The van der Waals surface area contributed by atoms with Crippen LogP contribution in [0.3, 0.4) is 0 Å². The van der Waals surface area contributed by atoms with Gasteiger partial charge in [0.15, 0.2) is 5.96 Å². The molecular weight excluding hydrogens is 389 g/mol. The zero-order valence-electron chi connectivity index (χ0n) is 15.7. The van der Waals surface area contributed by atoms with Crippen LogP contribution in [0.4, 0.5) is 0 Å². The molecule has 1 aromatic carbocycles. The molecule has 1 aromatic heterocycles. The fourth-order valence-electron chi connectivity index (χ4n) is 3.10. The number of fused-ring (bicyclic) bond motifs is 3. The van der Waals surface area contributed by atoms with Crippen LogP contribution < -0.4 is 16.2 Å². The number of nitrogens with zero attached hydrogens (tertiary/aromatic N) is 3. The molecule has 1 aliphatic rings. The number of aromatic nitrogens is 1. The highest BCUT2D eigenvalue weighted by molar-refractivity contribution is 6.02. The number of ether oxygens (including phenoxy) is 1. The summed E-state index contributed by atoms with van der Waals surface area (Å²) in [7, 11) is 4.04. The second-order valence-electron chi connectivity index (χ2n) is 6.92. The zero-order valence-corrected chi connectivity index (χ0v) is 17.4. The van der Waals surface area contributed by atoms with Crippen molar-refractivity contribution in [1.29, 1.82) is 0 Å². The van der Waals surface area contributed by atoms with Crippen molar-refractivity contribution >= 4 is 36.7 Å². The van der Waals surface area contributed by atoms with Gasteiger partial charge in [0.25, 0.3) is 5.91 Å². The van der Waals surface area contributed by atoms with Gasteiger partial charge in [0.2, 0.25) is 0 Å². The first-order chi connectivity index (χ1) is 11.7. The molecule has 0 saturated heterocycles. The van der Waals surface area contributed by atoms with E-state index in [0.717, 1.165) is 29.4 Å². The topological polar surface area (TPSA) is 98.9 Å². The number of benzene rings is 1. The molecule has 4 N–H and O–H groups in total. The summed E-state index contributed by atoms with van der Waals surface area (Å²) in [6, 6.07) is 9.37. The first-order valence-electron chi connectivity index (χ1n) is 8.02. The van der Waals surface area contributed by atoms with Gasteiger partial charge in [-0.15, -0.1) is 24.8 Å². The Morgan fingerprint density at radius 2 is 1.85 bits per heavy atom. The molecule has 0 atom stereocenters. The number of halogens is 2. The van der Waals surface area contributed by atoms with E-state index in [1.165, 1.54) is 0 Å². The third-order valence-electron chi connectivity index (χ3n) is 4.10. The highest BCUT2D eigenvalue weighted by atomic mass is 35.5. The fourth-order valence-corrected chi connectivity index (χ4v) is 3.10. The minimum Gasteiger partial charge on any atom is -0.479 e. The van der Waals surface area contributed by atoms with Gasteiger partial charge < -0.3 is 25.7 Å². The minimum atomic E-state index is -0.476. The predicted molar refractivity (Wildman–Crippen MR) is 111 cm³/mol. The number of aliphatic imine (C=N–C) groups is 1. The third kappa shape index (κ3) is 4.37. The molecule has 7 nitrogen and oxygen atoms in total. The fraction of sp³-hybridized carbons (Fsp3) is 0.333. The molecule has 1 aliphatic heterocycles. The lowest BCUT2D eigenvalue weighted by molar-refractivity contribution is 0.0916. The molecule has 0 radical (unpaired) electrons. The van der Waals surface area contributed by atoms with Crippen molar-refractivity contribution in [3.63, 3.8) is 0 Å². The molecule has 0 spiro atoms. The van der Waals surface area contributed by atoms with Crippen LogP contribution in [-0.2, 0) is 12.1 Å². The van der Waals surface area contributed by atoms with Crippen molar-refractivity contribution in [3.8, 4) is 11.4 Å². The van der Waals surface area contributed by atoms with Gasteiger partial charge in [-0.1, -0.05) is 0 Å². The average Bonchev–Trinajstić information content (AvgIpc) is 2.90. The standard InChI is InChI=1S/C18H23N5O2.2ClH/c1-18(2)15-8-6-12(10-22(3)4)23(15)13-9-11(5-7-14(13)25-18)16(24)21-17(19)20;;/h5-9H,10H2,1-4H3,(H4,19,20,21,24);2*1H. The van der Waals surface area contributed by atoms with Gasteiger partial charge in [-0.05, 0) is 58.3 Å². The first-order valence-corrected chi connectivity index (χ1v) is 8.02. The molecule has 0 bridgehead atoms. The van der Waals surface area contributed by atoms with E-state index in [2.05, 4.69) is 26.6 Å². The highest BCUT2D eigenvalue weighted by Gasteiger charge is 2.34. The Kier molecular flexibility index (Phi) is 6.94. The molecule has 3 rings (SSSR count). The maximum Gasteiger partial charge on any atom is 0.280 e. The molecule has 2 aromatic rings. The van der Waals surface area contributed by atoms with Gasteiger partial charge in [0.05, 0.1) is 11.4 Å². The van der Waals surface area contributed by atoms with Crippen LogP contribution in [0.2, 0.25) is 0 Å². The predicted octanol–water partition coefficient (Wildman–Crippen LogP) is 2.42. The van der Waals surface area contributed by atoms with E-state index in [1.54, 1.807) is 18.2 Å². The zero-order chi connectivity index (χ0) is 18.4. The number of amides is 1. The Hall–Kier alpha value is -2.22. The normalized spacial score (nSPS) is 13.4. The van der Waals surface area contributed by atoms with Gasteiger partial charge in [-0.3, -0.25) is 4.79 Å². The second kappa shape index (κ2) is 8.21. The van der Waals surface area contributed by atoms with E-state index in [4.69, 9.17) is 16.2 Å². The molecule has 2 heterocycles. The smallest absolute Gasteiger partial charge is 0.280 e. The number of hydrogen-bond donors (Lipinski definition) is 2. The van der Waals surface area contributed by atoms with Gasteiger partial charge in [-0.25, -0.2) is 0 Å². The molecule has 148 valence electrons. The van der Waals surface area contributed by atoms with E-state index in [9.17, 15) is 4.79 Å². The van der Waals surface area contributed by atoms with Gasteiger partial charge >= 0.3 is 0 Å². The Labute approximate surface area is 171 Å². The summed E-state index contributed by atoms with van der Waals surface area (Å²) < 4.78 is 8.29. The van der Waals surface area contributed by atoms with Gasteiger partial charge in [-0.2, -0.15) is 4.99 Å². The lowest BCUT2D eigenvalue weighted by Crippen LogP contribution is -2.33. The summed E-state index contributed by atoms with van der Waals surface area (Å²) in [6.07, 6.45) is 0. The molecule has 9 heteroatoms.